The van der Waals surface area contributed by atoms with Gasteiger partial charge in [0.1, 0.15) is 0 Å². The van der Waals surface area contributed by atoms with Gasteiger partial charge in [0.05, 0.1) is 28.7 Å². The van der Waals surface area contributed by atoms with E-state index in [2.05, 4.69) is 10.4 Å². The predicted octanol–water partition coefficient (Wildman–Crippen LogP) is 3.06. The quantitative estimate of drug-likeness (QED) is 0.874. The van der Waals surface area contributed by atoms with Crippen molar-refractivity contribution >= 4 is 5.91 Å². The van der Waals surface area contributed by atoms with Gasteiger partial charge in [-0.2, -0.15) is 18.3 Å². The Hall–Kier alpha value is -2.35. The van der Waals surface area contributed by atoms with Gasteiger partial charge in [-0.25, -0.2) is 4.68 Å². The summed E-state index contributed by atoms with van der Waals surface area (Å²) in [5.41, 5.74) is 6.08. The second-order valence-electron chi connectivity index (χ2n) is 6.61. The van der Waals surface area contributed by atoms with Crippen LogP contribution in [0.2, 0.25) is 0 Å². The summed E-state index contributed by atoms with van der Waals surface area (Å²) in [5.74, 6) is -0.0103. The molecule has 1 aliphatic rings. The number of nitrogens with zero attached hydrogens (tertiary/aromatic N) is 2. The van der Waals surface area contributed by atoms with Crippen LogP contribution >= 0.6 is 0 Å². The first kappa shape index (κ1) is 18.4. The highest BCUT2D eigenvalue weighted by molar-refractivity contribution is 5.95. The number of rotatable bonds is 4. The summed E-state index contributed by atoms with van der Waals surface area (Å²) in [4.78, 5) is 12.6. The fourth-order valence-corrected chi connectivity index (χ4v) is 3.46. The Morgan fingerprint density at radius 2 is 2.15 bits per heavy atom. The van der Waals surface area contributed by atoms with Gasteiger partial charge >= 0.3 is 6.18 Å². The van der Waals surface area contributed by atoms with E-state index in [0.29, 0.717) is 17.8 Å². The number of benzene rings is 1. The number of amides is 1. The molecule has 0 bridgehead atoms. The van der Waals surface area contributed by atoms with Crippen LogP contribution < -0.4 is 11.1 Å². The number of aromatic nitrogens is 2. The summed E-state index contributed by atoms with van der Waals surface area (Å²) >= 11 is 0. The molecule has 1 aliphatic carbocycles. The average Bonchev–Trinajstić information content (AvgIpc) is 3.20. The zero-order valence-electron chi connectivity index (χ0n) is 14.4. The molecule has 0 radical (unpaired) electrons. The SMILES string of the molecule is Cc1c(C(=O)NC2CCCC2CN)cnn1-c1cccc(C(F)(F)F)c1. The smallest absolute Gasteiger partial charge is 0.349 e. The van der Waals surface area contributed by atoms with Crippen LogP contribution in [-0.2, 0) is 6.18 Å². The topological polar surface area (TPSA) is 72.9 Å². The first-order chi connectivity index (χ1) is 12.3. The van der Waals surface area contributed by atoms with E-state index in [9.17, 15) is 18.0 Å². The molecule has 0 saturated heterocycles. The standard InChI is InChI=1S/C18H21F3N4O/c1-11-15(17(26)24-16-7-2-4-12(16)9-22)10-23-25(11)14-6-3-5-13(8-14)18(19,20)21/h3,5-6,8,10,12,16H,2,4,7,9,22H2,1H3,(H,24,26). The molecule has 1 heterocycles. The molecule has 1 saturated carbocycles. The Morgan fingerprint density at radius 3 is 2.85 bits per heavy atom. The average molecular weight is 366 g/mol. The number of hydrogen-bond acceptors (Lipinski definition) is 3. The van der Waals surface area contributed by atoms with Gasteiger partial charge in [-0.05, 0) is 50.4 Å². The molecule has 3 rings (SSSR count). The van der Waals surface area contributed by atoms with Gasteiger partial charge in [-0.3, -0.25) is 4.79 Å². The van der Waals surface area contributed by atoms with Crippen molar-refractivity contribution in [2.75, 3.05) is 6.54 Å². The minimum absolute atomic E-state index is 0.0313. The summed E-state index contributed by atoms with van der Waals surface area (Å²) in [5, 5.41) is 7.09. The Bertz CT molecular complexity index is 800. The molecule has 1 aromatic heterocycles. The Morgan fingerprint density at radius 1 is 1.38 bits per heavy atom. The zero-order valence-corrected chi connectivity index (χ0v) is 14.4. The summed E-state index contributed by atoms with van der Waals surface area (Å²) in [7, 11) is 0. The molecule has 2 atom stereocenters. The van der Waals surface area contributed by atoms with Gasteiger partial charge in [0.15, 0.2) is 0 Å². The molecule has 0 spiro atoms. The highest BCUT2D eigenvalue weighted by Crippen LogP contribution is 2.30. The van der Waals surface area contributed by atoms with Gasteiger partial charge in [0, 0.05) is 6.04 Å². The van der Waals surface area contributed by atoms with E-state index in [1.807, 2.05) is 0 Å². The molecule has 26 heavy (non-hydrogen) atoms. The van der Waals surface area contributed by atoms with Crippen LogP contribution in [0.25, 0.3) is 5.69 Å². The molecule has 2 unspecified atom stereocenters. The Labute approximate surface area is 149 Å². The van der Waals surface area contributed by atoms with Crippen LogP contribution in [0.1, 0.15) is 40.9 Å². The Kier molecular flexibility index (Phi) is 5.04. The molecule has 140 valence electrons. The Balaban J connectivity index is 1.83. The fraction of sp³-hybridized carbons (Fsp3) is 0.444. The lowest BCUT2D eigenvalue weighted by atomic mass is 10.0. The minimum atomic E-state index is -4.43. The van der Waals surface area contributed by atoms with Crippen molar-refractivity contribution in [3.8, 4) is 5.69 Å². The van der Waals surface area contributed by atoms with Gasteiger partial charge < -0.3 is 11.1 Å². The van der Waals surface area contributed by atoms with E-state index < -0.39 is 11.7 Å². The maximum atomic E-state index is 12.9. The second-order valence-corrected chi connectivity index (χ2v) is 6.61. The van der Waals surface area contributed by atoms with Gasteiger partial charge in [0.25, 0.3) is 5.91 Å². The number of alkyl halides is 3. The highest BCUT2D eigenvalue weighted by Gasteiger charge is 2.31. The maximum Gasteiger partial charge on any atom is 0.416 e. The monoisotopic (exact) mass is 366 g/mol. The molecule has 5 nitrogen and oxygen atoms in total. The van der Waals surface area contributed by atoms with Gasteiger partial charge in [-0.15, -0.1) is 0 Å². The normalized spacial score (nSPS) is 20.3. The van der Waals surface area contributed by atoms with E-state index in [0.717, 1.165) is 31.4 Å². The number of nitrogens with two attached hydrogens (primary N) is 1. The lowest BCUT2D eigenvalue weighted by Gasteiger charge is -2.19. The van der Waals surface area contributed by atoms with Crippen molar-refractivity contribution in [3.63, 3.8) is 0 Å². The zero-order chi connectivity index (χ0) is 18.9. The maximum absolute atomic E-state index is 12.9. The third-order valence-electron chi connectivity index (χ3n) is 4.95. The van der Waals surface area contributed by atoms with Gasteiger partial charge in [0.2, 0.25) is 0 Å². The molecule has 0 aliphatic heterocycles. The molecule has 3 N–H and O–H groups in total. The van der Waals surface area contributed by atoms with Crippen LogP contribution in [-0.4, -0.2) is 28.3 Å². The van der Waals surface area contributed by atoms with Crippen LogP contribution in [0.4, 0.5) is 13.2 Å². The molecule has 1 aromatic carbocycles. The lowest BCUT2D eigenvalue weighted by molar-refractivity contribution is -0.137. The van der Waals surface area contributed by atoms with Crippen molar-refractivity contribution in [2.24, 2.45) is 11.7 Å². The van der Waals surface area contributed by atoms with Crippen LogP contribution in [0.5, 0.6) is 0 Å². The number of nitrogens with one attached hydrogen (secondary N) is 1. The third kappa shape index (κ3) is 3.60. The van der Waals surface area contributed by atoms with Crippen molar-refractivity contribution in [3.05, 3.63) is 47.3 Å². The molecular weight excluding hydrogens is 345 g/mol. The van der Waals surface area contributed by atoms with Crippen molar-refractivity contribution in [1.29, 1.82) is 0 Å². The molecule has 2 aromatic rings. The summed E-state index contributed by atoms with van der Waals surface area (Å²) in [6.45, 7) is 2.19. The van der Waals surface area contributed by atoms with E-state index in [-0.39, 0.29) is 23.6 Å². The number of hydrogen-bond donors (Lipinski definition) is 2. The molecule has 1 amide bonds. The van der Waals surface area contributed by atoms with Crippen LogP contribution in [0.3, 0.4) is 0 Å². The summed E-state index contributed by atoms with van der Waals surface area (Å²) in [6.07, 6.45) is -0.151. The molecular formula is C18H21F3N4O. The number of carbonyl (C=O) groups is 1. The third-order valence-corrected chi connectivity index (χ3v) is 4.95. The van der Waals surface area contributed by atoms with Crippen molar-refractivity contribution in [1.82, 2.24) is 15.1 Å². The largest absolute Gasteiger partial charge is 0.416 e. The second kappa shape index (κ2) is 7.11. The number of carbonyl (C=O) groups excluding carboxylic acids is 1. The van der Waals surface area contributed by atoms with E-state index in [4.69, 9.17) is 5.73 Å². The molecule has 8 heteroatoms. The lowest BCUT2D eigenvalue weighted by Crippen LogP contribution is -2.40. The van der Waals surface area contributed by atoms with Gasteiger partial charge in [-0.1, -0.05) is 12.5 Å². The summed E-state index contributed by atoms with van der Waals surface area (Å²) in [6, 6.07) is 4.90. The fourth-order valence-electron chi connectivity index (χ4n) is 3.46. The summed E-state index contributed by atoms with van der Waals surface area (Å²) < 4.78 is 40.1. The predicted molar refractivity (Wildman–Crippen MR) is 91.0 cm³/mol. The first-order valence-electron chi connectivity index (χ1n) is 8.54. The minimum Gasteiger partial charge on any atom is -0.349 e. The van der Waals surface area contributed by atoms with E-state index in [1.165, 1.54) is 23.0 Å². The van der Waals surface area contributed by atoms with Crippen LogP contribution in [0, 0.1) is 12.8 Å². The number of halogens is 3. The van der Waals surface area contributed by atoms with E-state index >= 15 is 0 Å². The first-order valence-corrected chi connectivity index (χ1v) is 8.54. The van der Waals surface area contributed by atoms with Crippen molar-refractivity contribution in [2.45, 2.75) is 38.4 Å². The van der Waals surface area contributed by atoms with E-state index in [1.54, 1.807) is 6.92 Å². The van der Waals surface area contributed by atoms with Crippen molar-refractivity contribution < 1.29 is 18.0 Å². The highest BCUT2D eigenvalue weighted by atomic mass is 19.4. The van der Waals surface area contributed by atoms with Crippen LogP contribution in [0.15, 0.2) is 30.5 Å². The molecule has 1 fully saturated rings.